The summed E-state index contributed by atoms with van der Waals surface area (Å²) >= 11 is 0.411. The van der Waals surface area contributed by atoms with E-state index in [-0.39, 0.29) is 17.1 Å². The summed E-state index contributed by atoms with van der Waals surface area (Å²) in [6.07, 6.45) is 3.48. The SMILES string of the molecule is COc1c(C(=O)O)ccc2c1c(/C=C/c1cccc(F)c1)n[n]2[Tl]. The first-order chi connectivity index (χ1) is 11.5. The van der Waals surface area contributed by atoms with Gasteiger partial charge in [0, 0.05) is 0 Å². The van der Waals surface area contributed by atoms with Crippen LogP contribution in [0.2, 0.25) is 0 Å². The average molecular weight is 516 g/mol. The number of ether oxygens (including phenoxy) is 1. The van der Waals surface area contributed by atoms with Gasteiger partial charge in [0.25, 0.3) is 0 Å². The summed E-state index contributed by atoms with van der Waals surface area (Å²) in [5.74, 6) is -1.09. The summed E-state index contributed by atoms with van der Waals surface area (Å²) in [4.78, 5) is 11.4. The van der Waals surface area contributed by atoms with E-state index in [9.17, 15) is 14.3 Å². The molecule has 0 amide bonds. The first-order valence-corrected chi connectivity index (χ1v) is 9.03. The molecule has 2 aromatic carbocycles. The standard InChI is InChI=1S/C17H13FN2O3.Tl/c1-23-16-12(17(21)22)6-8-14-15(16)13(19-20-14)7-5-10-3-2-4-11(18)9-10;/h2-9H,1H3,(H2,19,20,21,22);/q;+1/p-1/b7-5+;. The normalized spacial score (nSPS) is 11.2. The molecule has 0 atom stereocenters. The Kier molecular flexibility index (Phi) is 4.65. The molecule has 0 aliphatic carbocycles. The first-order valence-electron chi connectivity index (χ1n) is 7.03. The number of carboxylic acid groups (broad SMARTS) is 1. The van der Waals surface area contributed by atoms with Crippen molar-refractivity contribution in [2.45, 2.75) is 0 Å². The quantitative estimate of drug-likeness (QED) is 0.543. The van der Waals surface area contributed by atoms with Gasteiger partial charge in [0.2, 0.25) is 0 Å². The van der Waals surface area contributed by atoms with Gasteiger partial charge in [0.1, 0.15) is 0 Å². The van der Waals surface area contributed by atoms with E-state index < -0.39 is 5.97 Å². The summed E-state index contributed by atoms with van der Waals surface area (Å²) in [7, 11) is 1.44. The zero-order chi connectivity index (χ0) is 17.3. The number of methoxy groups -OCH3 is 1. The Morgan fingerprint density at radius 2 is 2.12 bits per heavy atom. The maximum atomic E-state index is 13.3. The predicted molar refractivity (Wildman–Crippen MR) is 89.7 cm³/mol. The molecule has 0 radical (unpaired) electrons. The van der Waals surface area contributed by atoms with Crippen LogP contribution in [0.3, 0.4) is 0 Å². The van der Waals surface area contributed by atoms with Crippen molar-refractivity contribution in [1.82, 2.24) is 7.59 Å². The monoisotopic (exact) mass is 516 g/mol. The Bertz CT molecular complexity index is 966. The fourth-order valence-corrected chi connectivity index (χ4v) is 3.83. The molecular formula is C17H12FN2O3Tl. The second kappa shape index (κ2) is 6.72. The zero-order valence-electron chi connectivity index (χ0n) is 12.7. The number of rotatable bonds is 4. The molecule has 1 N–H and O–H groups in total. The Morgan fingerprint density at radius 3 is 2.79 bits per heavy atom. The van der Waals surface area contributed by atoms with Crippen LogP contribution in [0.25, 0.3) is 23.1 Å². The number of aromatic nitrogens is 2. The van der Waals surface area contributed by atoms with E-state index in [0.717, 1.165) is 5.52 Å². The second-order valence-electron chi connectivity index (χ2n) is 5.06. The van der Waals surface area contributed by atoms with E-state index in [2.05, 4.69) is 5.10 Å². The van der Waals surface area contributed by atoms with Gasteiger partial charge in [-0.25, -0.2) is 0 Å². The van der Waals surface area contributed by atoms with E-state index >= 15 is 0 Å². The van der Waals surface area contributed by atoms with Gasteiger partial charge in [0.15, 0.2) is 0 Å². The van der Waals surface area contributed by atoms with E-state index in [4.69, 9.17) is 4.74 Å². The van der Waals surface area contributed by atoms with E-state index in [1.54, 1.807) is 30.4 Å². The van der Waals surface area contributed by atoms with Gasteiger partial charge in [-0.1, -0.05) is 0 Å². The Hall–Kier alpha value is -2.23. The molecule has 0 aliphatic heterocycles. The summed E-state index contributed by atoms with van der Waals surface area (Å²) in [6.45, 7) is 0. The van der Waals surface area contributed by atoms with Gasteiger partial charge in [-0.15, -0.1) is 0 Å². The Labute approximate surface area is 153 Å². The minimum absolute atomic E-state index is 0.0865. The number of benzene rings is 2. The fourth-order valence-electron chi connectivity index (χ4n) is 2.51. The third kappa shape index (κ3) is 3.05. The molecule has 5 nitrogen and oxygen atoms in total. The van der Waals surface area contributed by atoms with Crippen LogP contribution in [0.5, 0.6) is 5.75 Å². The van der Waals surface area contributed by atoms with Crippen molar-refractivity contribution in [1.29, 1.82) is 0 Å². The Morgan fingerprint density at radius 1 is 1.33 bits per heavy atom. The zero-order valence-corrected chi connectivity index (χ0v) is 17.2. The molecule has 0 saturated heterocycles. The maximum absolute atomic E-state index is 13.3. The van der Waals surface area contributed by atoms with Crippen LogP contribution >= 0.6 is 0 Å². The fraction of sp³-hybridized carbons (Fsp3) is 0.0588. The number of fused-ring (bicyclic) bond motifs is 1. The first kappa shape index (κ1) is 16.6. The summed E-state index contributed by atoms with van der Waals surface area (Å²) in [5.41, 5.74) is 2.20. The van der Waals surface area contributed by atoms with E-state index in [1.807, 2.05) is 2.49 Å². The number of carboxylic acids is 1. The number of nitrogens with zero attached hydrogens (tertiary/aromatic N) is 2. The van der Waals surface area contributed by atoms with Crippen LogP contribution in [0.15, 0.2) is 36.4 Å². The van der Waals surface area contributed by atoms with Gasteiger partial charge in [-0.3, -0.25) is 0 Å². The summed E-state index contributed by atoms with van der Waals surface area (Å²) in [5, 5.41) is 14.5. The molecule has 3 rings (SSSR count). The number of hydrogen-bond acceptors (Lipinski definition) is 3. The Balaban J connectivity index is 2.17. The third-order valence-electron chi connectivity index (χ3n) is 3.57. The van der Waals surface area contributed by atoms with Crippen molar-refractivity contribution >= 4 is 55.1 Å². The molecule has 118 valence electrons. The predicted octanol–water partition coefficient (Wildman–Crippen LogP) is 2.98. The van der Waals surface area contributed by atoms with Crippen LogP contribution in [-0.4, -0.2) is 51.8 Å². The third-order valence-corrected chi connectivity index (χ3v) is 5.10. The van der Waals surface area contributed by atoms with Gasteiger partial charge in [-0.2, -0.15) is 0 Å². The minimum atomic E-state index is -1.06. The van der Waals surface area contributed by atoms with Gasteiger partial charge in [-0.05, 0) is 0 Å². The van der Waals surface area contributed by atoms with Crippen molar-refractivity contribution in [3.63, 3.8) is 0 Å². The van der Waals surface area contributed by atoms with Crippen molar-refractivity contribution in [3.05, 3.63) is 59.0 Å². The molecule has 7 heteroatoms. The van der Waals surface area contributed by atoms with Crippen molar-refractivity contribution in [3.8, 4) is 5.75 Å². The molecule has 0 saturated carbocycles. The van der Waals surface area contributed by atoms with Crippen molar-refractivity contribution < 1.29 is 19.0 Å². The van der Waals surface area contributed by atoms with Crippen LogP contribution < -0.4 is 4.74 Å². The number of halogens is 1. The van der Waals surface area contributed by atoms with Crippen molar-refractivity contribution in [2.75, 3.05) is 7.11 Å². The number of hydrogen-bond donors (Lipinski definition) is 1. The molecule has 0 spiro atoms. The van der Waals surface area contributed by atoms with Gasteiger partial charge < -0.3 is 0 Å². The molecule has 0 aliphatic rings. The molecule has 0 fully saturated rings. The van der Waals surface area contributed by atoms with E-state index in [0.29, 0.717) is 42.7 Å². The second-order valence-corrected chi connectivity index (χ2v) is 6.97. The number of aromatic carboxylic acids is 1. The topological polar surface area (TPSA) is 64.3 Å². The number of carbonyl (C=O) groups is 1. The molecule has 0 bridgehead atoms. The molecule has 1 heterocycles. The summed E-state index contributed by atoms with van der Waals surface area (Å²) in [6, 6.07) is 9.45. The van der Waals surface area contributed by atoms with Crippen LogP contribution in [0, 0.1) is 5.82 Å². The molecule has 0 unspecified atom stereocenters. The van der Waals surface area contributed by atoms with E-state index in [1.165, 1.54) is 25.3 Å². The van der Waals surface area contributed by atoms with Crippen LogP contribution in [0.1, 0.15) is 21.6 Å². The molecular weight excluding hydrogens is 504 g/mol. The van der Waals surface area contributed by atoms with Gasteiger partial charge in [0.05, 0.1) is 0 Å². The van der Waals surface area contributed by atoms with Crippen LogP contribution in [-0.2, 0) is 0 Å². The molecule has 3 aromatic rings. The summed E-state index contributed by atoms with van der Waals surface area (Å²) < 4.78 is 20.4. The van der Waals surface area contributed by atoms with Gasteiger partial charge >= 0.3 is 154 Å². The van der Waals surface area contributed by atoms with Crippen molar-refractivity contribution in [2.24, 2.45) is 0 Å². The van der Waals surface area contributed by atoms with Crippen LogP contribution in [0.4, 0.5) is 4.39 Å². The molecule has 1 aromatic heterocycles. The average Bonchev–Trinajstić information content (AvgIpc) is 2.88. The molecule has 24 heavy (non-hydrogen) atoms.